The van der Waals surface area contributed by atoms with Crippen LogP contribution in [0.4, 0.5) is 0 Å². The molecule has 0 atom stereocenters. The summed E-state index contributed by atoms with van der Waals surface area (Å²) < 4.78 is 0. The van der Waals surface area contributed by atoms with Gasteiger partial charge >= 0.3 is 0 Å². The third-order valence-corrected chi connectivity index (χ3v) is 2.80. The maximum Gasteiger partial charge on any atom is 0.119 e. The molecule has 0 bridgehead atoms. The third-order valence-electron chi connectivity index (χ3n) is 2.80. The Labute approximate surface area is 105 Å². The SMILES string of the molecule is O=CCCCCCCC/C=C/c1ccccc1. The number of aldehydes is 1. The zero-order valence-electron chi connectivity index (χ0n) is 10.5. The highest BCUT2D eigenvalue weighted by atomic mass is 16.1. The van der Waals surface area contributed by atoms with Crippen LogP contribution in [0, 0.1) is 0 Å². The van der Waals surface area contributed by atoms with Crippen LogP contribution in [0.2, 0.25) is 0 Å². The molecule has 0 radical (unpaired) electrons. The van der Waals surface area contributed by atoms with Crippen molar-refractivity contribution in [3.05, 3.63) is 42.0 Å². The Hall–Kier alpha value is -1.37. The summed E-state index contributed by atoms with van der Waals surface area (Å²) in [6, 6.07) is 10.4. The number of hydrogen-bond donors (Lipinski definition) is 0. The normalized spacial score (nSPS) is 10.8. The summed E-state index contributed by atoms with van der Waals surface area (Å²) in [5, 5.41) is 0. The van der Waals surface area contributed by atoms with Gasteiger partial charge in [-0.05, 0) is 24.8 Å². The lowest BCUT2D eigenvalue weighted by molar-refractivity contribution is -0.107. The van der Waals surface area contributed by atoms with Crippen LogP contribution in [-0.4, -0.2) is 6.29 Å². The van der Waals surface area contributed by atoms with Crippen LogP contribution in [0.1, 0.15) is 50.5 Å². The highest BCUT2D eigenvalue weighted by molar-refractivity contribution is 5.49. The standard InChI is InChI=1S/C16H22O/c17-15-11-6-4-2-1-3-5-8-12-16-13-9-7-10-14-16/h7-10,12-15H,1-6,11H2/b12-8+. The molecule has 1 aromatic carbocycles. The fourth-order valence-corrected chi connectivity index (χ4v) is 1.80. The molecule has 0 heterocycles. The van der Waals surface area contributed by atoms with E-state index >= 15 is 0 Å². The maximum absolute atomic E-state index is 10.1. The Morgan fingerprint density at radius 1 is 0.824 bits per heavy atom. The van der Waals surface area contributed by atoms with E-state index in [1.807, 2.05) is 6.07 Å². The maximum atomic E-state index is 10.1. The number of rotatable bonds is 9. The zero-order chi connectivity index (χ0) is 12.2. The quantitative estimate of drug-likeness (QED) is 0.446. The van der Waals surface area contributed by atoms with Gasteiger partial charge in [-0.15, -0.1) is 0 Å². The summed E-state index contributed by atoms with van der Waals surface area (Å²) in [6.07, 6.45) is 13.4. The van der Waals surface area contributed by atoms with Gasteiger partial charge in [-0.1, -0.05) is 61.7 Å². The molecule has 0 aliphatic rings. The number of carbonyl (C=O) groups excluding carboxylic acids is 1. The van der Waals surface area contributed by atoms with E-state index in [4.69, 9.17) is 0 Å². The second-order valence-electron chi connectivity index (χ2n) is 4.32. The molecule has 0 amide bonds. The number of carbonyl (C=O) groups is 1. The molecule has 0 unspecified atom stereocenters. The third kappa shape index (κ3) is 7.51. The number of hydrogen-bond acceptors (Lipinski definition) is 1. The molecule has 0 saturated heterocycles. The average Bonchev–Trinajstić information content (AvgIpc) is 2.38. The van der Waals surface area contributed by atoms with Gasteiger partial charge < -0.3 is 4.79 Å². The molecular weight excluding hydrogens is 208 g/mol. The van der Waals surface area contributed by atoms with Crippen LogP contribution in [-0.2, 0) is 4.79 Å². The number of benzene rings is 1. The van der Waals surface area contributed by atoms with Crippen molar-refractivity contribution in [3.8, 4) is 0 Å². The van der Waals surface area contributed by atoms with E-state index in [0.29, 0.717) is 0 Å². The molecule has 0 aliphatic carbocycles. The largest absolute Gasteiger partial charge is 0.303 e. The van der Waals surface area contributed by atoms with Crippen LogP contribution in [0.15, 0.2) is 36.4 Å². The molecule has 17 heavy (non-hydrogen) atoms. The van der Waals surface area contributed by atoms with Crippen LogP contribution >= 0.6 is 0 Å². The second-order valence-corrected chi connectivity index (χ2v) is 4.32. The molecule has 0 aromatic heterocycles. The molecule has 1 nitrogen and oxygen atoms in total. The van der Waals surface area contributed by atoms with E-state index in [0.717, 1.165) is 25.5 Å². The van der Waals surface area contributed by atoms with Crippen molar-refractivity contribution in [2.75, 3.05) is 0 Å². The molecule has 0 aliphatic heterocycles. The Bertz CT molecular complexity index is 314. The summed E-state index contributed by atoms with van der Waals surface area (Å²) in [5.41, 5.74) is 1.28. The van der Waals surface area contributed by atoms with Gasteiger partial charge in [0.1, 0.15) is 6.29 Å². The number of allylic oxidation sites excluding steroid dienone is 1. The highest BCUT2D eigenvalue weighted by Gasteiger charge is 1.89. The lowest BCUT2D eigenvalue weighted by Crippen LogP contribution is -1.80. The van der Waals surface area contributed by atoms with Crippen LogP contribution in [0.25, 0.3) is 6.08 Å². The minimum Gasteiger partial charge on any atom is -0.303 e. The fourth-order valence-electron chi connectivity index (χ4n) is 1.80. The molecule has 92 valence electrons. The summed E-state index contributed by atoms with van der Waals surface area (Å²) in [5.74, 6) is 0. The first-order valence-corrected chi connectivity index (χ1v) is 6.58. The van der Waals surface area contributed by atoms with Crippen LogP contribution < -0.4 is 0 Å². The van der Waals surface area contributed by atoms with E-state index < -0.39 is 0 Å². The minimum absolute atomic E-state index is 0.730. The van der Waals surface area contributed by atoms with E-state index in [9.17, 15) is 4.79 Å². The first-order valence-electron chi connectivity index (χ1n) is 6.58. The van der Waals surface area contributed by atoms with Gasteiger partial charge in [0.2, 0.25) is 0 Å². The van der Waals surface area contributed by atoms with E-state index in [-0.39, 0.29) is 0 Å². The molecule has 0 N–H and O–H groups in total. The summed E-state index contributed by atoms with van der Waals surface area (Å²) in [7, 11) is 0. The smallest absolute Gasteiger partial charge is 0.119 e. The molecule has 0 spiro atoms. The zero-order valence-corrected chi connectivity index (χ0v) is 10.5. The predicted molar refractivity (Wildman–Crippen MR) is 73.9 cm³/mol. The second kappa shape index (κ2) is 9.83. The van der Waals surface area contributed by atoms with Crippen molar-refractivity contribution >= 4 is 12.4 Å². The Balaban J connectivity index is 1.97. The van der Waals surface area contributed by atoms with Gasteiger partial charge in [-0.25, -0.2) is 0 Å². The van der Waals surface area contributed by atoms with Gasteiger partial charge in [0.15, 0.2) is 0 Å². The monoisotopic (exact) mass is 230 g/mol. The topological polar surface area (TPSA) is 17.1 Å². The molecule has 0 saturated carbocycles. The highest BCUT2D eigenvalue weighted by Crippen LogP contribution is 2.08. The minimum atomic E-state index is 0.730. The van der Waals surface area contributed by atoms with Gasteiger partial charge in [-0.2, -0.15) is 0 Å². The predicted octanol–water partition coefficient (Wildman–Crippen LogP) is 4.63. The summed E-state index contributed by atoms with van der Waals surface area (Å²) in [4.78, 5) is 10.1. The molecule has 1 heteroatoms. The fraction of sp³-hybridized carbons (Fsp3) is 0.438. The molecular formula is C16H22O. The lowest BCUT2D eigenvalue weighted by Gasteiger charge is -1.97. The number of unbranched alkanes of at least 4 members (excludes halogenated alkanes) is 6. The van der Waals surface area contributed by atoms with Crippen molar-refractivity contribution in [2.24, 2.45) is 0 Å². The molecule has 1 rings (SSSR count). The van der Waals surface area contributed by atoms with Crippen LogP contribution in [0.5, 0.6) is 0 Å². The Morgan fingerprint density at radius 3 is 2.18 bits per heavy atom. The van der Waals surface area contributed by atoms with Crippen molar-refractivity contribution in [1.29, 1.82) is 0 Å². The lowest BCUT2D eigenvalue weighted by atomic mass is 10.1. The average molecular weight is 230 g/mol. The van der Waals surface area contributed by atoms with Crippen molar-refractivity contribution in [1.82, 2.24) is 0 Å². The van der Waals surface area contributed by atoms with Gasteiger partial charge in [-0.3, -0.25) is 0 Å². The Morgan fingerprint density at radius 2 is 1.47 bits per heavy atom. The van der Waals surface area contributed by atoms with E-state index in [2.05, 4.69) is 36.4 Å². The van der Waals surface area contributed by atoms with Crippen molar-refractivity contribution in [2.45, 2.75) is 44.9 Å². The molecule has 0 fully saturated rings. The van der Waals surface area contributed by atoms with Crippen LogP contribution in [0.3, 0.4) is 0 Å². The first-order chi connectivity index (χ1) is 8.43. The van der Waals surface area contributed by atoms with E-state index in [1.54, 1.807) is 0 Å². The van der Waals surface area contributed by atoms with Gasteiger partial charge in [0, 0.05) is 6.42 Å². The summed E-state index contributed by atoms with van der Waals surface area (Å²) >= 11 is 0. The van der Waals surface area contributed by atoms with Crippen molar-refractivity contribution < 1.29 is 4.79 Å². The Kier molecular flexibility index (Phi) is 7.92. The van der Waals surface area contributed by atoms with Gasteiger partial charge in [0.25, 0.3) is 0 Å². The van der Waals surface area contributed by atoms with Gasteiger partial charge in [0.05, 0.1) is 0 Å². The van der Waals surface area contributed by atoms with E-state index in [1.165, 1.54) is 31.2 Å². The first kappa shape index (κ1) is 13.7. The summed E-state index contributed by atoms with van der Waals surface area (Å²) in [6.45, 7) is 0. The molecule has 1 aromatic rings. The van der Waals surface area contributed by atoms with Crippen molar-refractivity contribution in [3.63, 3.8) is 0 Å².